The van der Waals surface area contributed by atoms with Gasteiger partial charge in [0.05, 0.1) is 17.5 Å². The Labute approximate surface area is 145 Å². The molecule has 1 aliphatic carbocycles. The van der Waals surface area contributed by atoms with E-state index >= 15 is 0 Å². The number of amides is 1. The van der Waals surface area contributed by atoms with E-state index in [9.17, 15) is 4.79 Å². The highest BCUT2D eigenvalue weighted by Gasteiger charge is 2.42. The van der Waals surface area contributed by atoms with Gasteiger partial charge in [0, 0.05) is 5.56 Å². The van der Waals surface area contributed by atoms with Crippen molar-refractivity contribution >= 4 is 28.5 Å². The summed E-state index contributed by atoms with van der Waals surface area (Å²) in [5.41, 5.74) is 6.12. The molecule has 0 N–H and O–H groups in total. The fourth-order valence-electron chi connectivity index (χ4n) is 3.88. The van der Waals surface area contributed by atoms with Gasteiger partial charge in [-0.1, -0.05) is 66.4 Å². The van der Waals surface area contributed by atoms with E-state index < -0.39 is 0 Å². The van der Waals surface area contributed by atoms with Crippen LogP contribution in [0.2, 0.25) is 0 Å². The van der Waals surface area contributed by atoms with Gasteiger partial charge in [0.25, 0.3) is 0 Å². The molecule has 0 unspecified atom stereocenters. The molecular weight excluding hydrogens is 316 g/mol. The van der Waals surface area contributed by atoms with Crippen molar-refractivity contribution in [1.29, 1.82) is 0 Å². The molecule has 2 aromatic rings. The molecule has 1 fully saturated rings. The molecule has 0 radical (unpaired) electrons. The molecule has 2 aromatic carbocycles. The Morgan fingerprint density at radius 2 is 1.79 bits per heavy atom. The quantitative estimate of drug-likeness (QED) is 0.790. The molecule has 0 spiro atoms. The third kappa shape index (κ3) is 1.99. The predicted octanol–water partition coefficient (Wildman–Crippen LogP) is 4.03. The predicted molar refractivity (Wildman–Crippen MR) is 97.6 cm³/mol. The number of thioether (sulfide) groups is 1. The number of hydrogen-bond donors (Lipinski definition) is 0. The molecule has 24 heavy (non-hydrogen) atoms. The Hall–Kier alpha value is -2.33. The van der Waals surface area contributed by atoms with Crippen LogP contribution < -0.4 is 0 Å². The number of aliphatic imine (C=N–C) groups is 1. The molecule has 118 valence electrons. The van der Waals surface area contributed by atoms with Gasteiger partial charge in [0.15, 0.2) is 5.17 Å². The molecule has 5 rings (SSSR count). The lowest BCUT2D eigenvalue weighted by Gasteiger charge is -2.37. The average molecular weight is 332 g/mol. The van der Waals surface area contributed by atoms with Crippen molar-refractivity contribution in [3.8, 4) is 0 Å². The topological polar surface area (TPSA) is 32.7 Å². The zero-order chi connectivity index (χ0) is 16.1. The van der Waals surface area contributed by atoms with Crippen LogP contribution in [0.15, 0.2) is 65.2 Å². The Balaban J connectivity index is 1.74. The third-order valence-electron chi connectivity index (χ3n) is 4.95. The monoisotopic (exact) mass is 332 g/mol. The lowest BCUT2D eigenvalue weighted by atomic mass is 9.82. The van der Waals surface area contributed by atoms with Gasteiger partial charge in [-0.3, -0.25) is 9.69 Å². The van der Waals surface area contributed by atoms with Crippen LogP contribution >= 0.6 is 11.8 Å². The average Bonchev–Trinajstić information content (AvgIpc) is 3.01. The lowest BCUT2D eigenvalue weighted by molar-refractivity contribution is -0.125. The van der Waals surface area contributed by atoms with Crippen molar-refractivity contribution in [2.45, 2.75) is 18.9 Å². The van der Waals surface area contributed by atoms with E-state index in [4.69, 9.17) is 4.99 Å². The van der Waals surface area contributed by atoms with Gasteiger partial charge >= 0.3 is 0 Å². The van der Waals surface area contributed by atoms with Gasteiger partial charge in [0.2, 0.25) is 5.91 Å². The molecule has 2 heterocycles. The van der Waals surface area contributed by atoms with Crippen molar-refractivity contribution in [3.63, 3.8) is 0 Å². The molecule has 0 saturated carbocycles. The Morgan fingerprint density at radius 3 is 2.67 bits per heavy atom. The normalized spacial score (nSPS) is 22.0. The van der Waals surface area contributed by atoms with Gasteiger partial charge in [-0.15, -0.1) is 0 Å². The van der Waals surface area contributed by atoms with Gasteiger partial charge in [-0.05, 0) is 29.5 Å². The van der Waals surface area contributed by atoms with E-state index in [1.54, 1.807) is 11.8 Å². The fourth-order valence-corrected chi connectivity index (χ4v) is 4.77. The Morgan fingerprint density at radius 1 is 1.00 bits per heavy atom. The first-order valence-corrected chi connectivity index (χ1v) is 9.21. The number of benzene rings is 2. The smallest absolute Gasteiger partial charge is 0.239 e. The van der Waals surface area contributed by atoms with E-state index in [0.717, 1.165) is 23.7 Å². The van der Waals surface area contributed by atoms with Crippen LogP contribution in [-0.4, -0.2) is 21.7 Å². The number of amidine groups is 1. The molecule has 4 heteroatoms. The summed E-state index contributed by atoms with van der Waals surface area (Å²) in [5.74, 6) is 0.655. The number of nitrogens with zero attached hydrogens (tertiary/aromatic N) is 2. The molecule has 0 bridgehead atoms. The van der Waals surface area contributed by atoms with Gasteiger partial charge in [0.1, 0.15) is 0 Å². The Kier molecular flexibility index (Phi) is 3.13. The highest BCUT2D eigenvalue weighted by molar-refractivity contribution is 8.15. The molecule has 3 nitrogen and oxygen atoms in total. The van der Waals surface area contributed by atoms with E-state index in [1.807, 2.05) is 23.1 Å². The SMILES string of the molecule is O=C1CSC2=NC3=C(CCc4ccccc43)[C@@H](c3ccccc3)N12. The largest absolute Gasteiger partial charge is 0.279 e. The minimum atomic E-state index is -0.00967. The van der Waals surface area contributed by atoms with Crippen LogP contribution in [0, 0.1) is 0 Å². The third-order valence-corrected chi connectivity index (χ3v) is 5.89. The van der Waals surface area contributed by atoms with Crippen LogP contribution in [0.4, 0.5) is 0 Å². The summed E-state index contributed by atoms with van der Waals surface area (Å²) in [6.07, 6.45) is 1.97. The van der Waals surface area contributed by atoms with Crippen molar-refractivity contribution < 1.29 is 4.79 Å². The summed E-state index contributed by atoms with van der Waals surface area (Å²) in [5, 5.41) is 0.851. The zero-order valence-electron chi connectivity index (χ0n) is 13.1. The minimum absolute atomic E-state index is 0.00967. The summed E-state index contributed by atoms with van der Waals surface area (Å²) in [7, 11) is 0. The molecule has 1 saturated heterocycles. The standard InChI is InChI=1S/C20H16N2OS/c23-17-12-24-20-21-18-15-9-5-4-6-13(15)10-11-16(18)19(22(17)20)14-7-2-1-3-8-14/h1-9,19H,10-12H2/t19-/m1/s1. The highest BCUT2D eigenvalue weighted by atomic mass is 32.2. The van der Waals surface area contributed by atoms with E-state index in [0.29, 0.717) is 5.75 Å². The van der Waals surface area contributed by atoms with Crippen LogP contribution in [0.1, 0.15) is 29.2 Å². The first-order chi connectivity index (χ1) is 11.8. The van der Waals surface area contributed by atoms with Crippen molar-refractivity contribution in [2.75, 3.05) is 5.75 Å². The number of rotatable bonds is 1. The first-order valence-electron chi connectivity index (χ1n) is 8.23. The van der Waals surface area contributed by atoms with Crippen LogP contribution in [0.5, 0.6) is 0 Å². The maximum absolute atomic E-state index is 12.5. The molecule has 1 amide bonds. The maximum Gasteiger partial charge on any atom is 0.239 e. The van der Waals surface area contributed by atoms with Gasteiger partial charge in [-0.2, -0.15) is 0 Å². The molecule has 0 aromatic heterocycles. The number of aryl methyl sites for hydroxylation is 1. The van der Waals surface area contributed by atoms with E-state index in [2.05, 4.69) is 36.4 Å². The minimum Gasteiger partial charge on any atom is -0.279 e. The lowest BCUT2D eigenvalue weighted by Crippen LogP contribution is -2.38. The molecule has 1 atom stereocenters. The van der Waals surface area contributed by atoms with Gasteiger partial charge < -0.3 is 0 Å². The summed E-state index contributed by atoms with van der Waals surface area (Å²) in [4.78, 5) is 19.3. The highest BCUT2D eigenvalue weighted by Crippen LogP contribution is 2.47. The molecule has 2 aliphatic heterocycles. The number of carbonyl (C=O) groups is 1. The van der Waals surface area contributed by atoms with Crippen molar-refractivity contribution in [3.05, 3.63) is 76.9 Å². The summed E-state index contributed by atoms with van der Waals surface area (Å²) < 4.78 is 0. The summed E-state index contributed by atoms with van der Waals surface area (Å²) >= 11 is 1.56. The second-order valence-electron chi connectivity index (χ2n) is 6.29. The number of hydrogen-bond acceptors (Lipinski definition) is 3. The van der Waals surface area contributed by atoms with Crippen LogP contribution in [0.3, 0.4) is 0 Å². The van der Waals surface area contributed by atoms with Gasteiger partial charge in [-0.25, -0.2) is 4.99 Å². The fraction of sp³-hybridized carbons (Fsp3) is 0.200. The molecule has 3 aliphatic rings. The van der Waals surface area contributed by atoms with Crippen LogP contribution in [-0.2, 0) is 11.2 Å². The summed E-state index contributed by atoms with van der Waals surface area (Å²) in [6.45, 7) is 0. The number of fused-ring (bicyclic) bond motifs is 3. The molecular formula is C20H16N2OS. The van der Waals surface area contributed by atoms with E-state index in [1.165, 1.54) is 22.3 Å². The zero-order valence-corrected chi connectivity index (χ0v) is 13.9. The second-order valence-corrected chi connectivity index (χ2v) is 7.23. The Bertz CT molecular complexity index is 901. The van der Waals surface area contributed by atoms with Crippen molar-refractivity contribution in [1.82, 2.24) is 4.90 Å². The maximum atomic E-state index is 12.5. The first kappa shape index (κ1) is 14.1. The van der Waals surface area contributed by atoms with Crippen LogP contribution in [0.25, 0.3) is 5.70 Å². The second kappa shape index (κ2) is 5.35. The number of carbonyl (C=O) groups excluding carboxylic acids is 1. The van der Waals surface area contributed by atoms with Crippen molar-refractivity contribution in [2.24, 2.45) is 4.99 Å². The summed E-state index contributed by atoms with van der Waals surface area (Å²) in [6, 6.07) is 18.9. The van der Waals surface area contributed by atoms with E-state index in [-0.39, 0.29) is 11.9 Å².